The lowest BCUT2D eigenvalue weighted by atomic mass is 10.0. The topological polar surface area (TPSA) is 49.3 Å². The van der Waals surface area contributed by atoms with E-state index >= 15 is 0 Å². The van der Waals surface area contributed by atoms with Gasteiger partial charge in [0.15, 0.2) is 0 Å². The number of nitrogens with one attached hydrogen (secondary N) is 1. The largest absolute Gasteiger partial charge is 0.480 e. The molecule has 0 radical (unpaired) electrons. The van der Waals surface area contributed by atoms with E-state index < -0.39 is 12.0 Å². The highest BCUT2D eigenvalue weighted by atomic mass is 16.4. The number of carboxylic acid groups (broad SMARTS) is 1. The molecule has 0 amide bonds. The van der Waals surface area contributed by atoms with E-state index in [9.17, 15) is 4.79 Å². The zero-order valence-electron chi connectivity index (χ0n) is 9.32. The Labute approximate surface area is 90.1 Å². The van der Waals surface area contributed by atoms with Crippen LogP contribution in [0.1, 0.15) is 32.4 Å². The van der Waals surface area contributed by atoms with Crippen molar-refractivity contribution < 1.29 is 9.90 Å². The first-order chi connectivity index (χ1) is 6.90. The molecule has 0 aliphatic rings. The molecule has 0 unspecified atom stereocenters. The summed E-state index contributed by atoms with van der Waals surface area (Å²) in [7, 11) is 0. The van der Waals surface area contributed by atoms with E-state index in [1.807, 2.05) is 51.1 Å². The van der Waals surface area contributed by atoms with Gasteiger partial charge in [0.2, 0.25) is 0 Å². The van der Waals surface area contributed by atoms with E-state index in [1.165, 1.54) is 0 Å². The second-order valence-electron chi connectivity index (χ2n) is 4.58. The fourth-order valence-electron chi connectivity index (χ4n) is 1.37. The zero-order valence-corrected chi connectivity index (χ0v) is 9.32. The molecule has 0 aliphatic heterocycles. The molecule has 3 heteroatoms. The van der Waals surface area contributed by atoms with Crippen LogP contribution in [0.5, 0.6) is 0 Å². The molecule has 2 N–H and O–H groups in total. The fraction of sp³-hybridized carbons (Fsp3) is 0.417. The van der Waals surface area contributed by atoms with Gasteiger partial charge in [0.05, 0.1) is 0 Å². The van der Waals surface area contributed by atoms with Gasteiger partial charge in [0.25, 0.3) is 0 Å². The monoisotopic (exact) mass is 207 g/mol. The second-order valence-corrected chi connectivity index (χ2v) is 4.58. The van der Waals surface area contributed by atoms with Gasteiger partial charge in [-0.2, -0.15) is 0 Å². The van der Waals surface area contributed by atoms with E-state index in [1.54, 1.807) is 0 Å². The van der Waals surface area contributed by atoms with Crippen LogP contribution in [0.25, 0.3) is 0 Å². The van der Waals surface area contributed by atoms with Crippen molar-refractivity contribution in [1.29, 1.82) is 0 Å². The lowest BCUT2D eigenvalue weighted by Gasteiger charge is -2.26. The Morgan fingerprint density at radius 3 is 2.20 bits per heavy atom. The predicted molar refractivity (Wildman–Crippen MR) is 59.7 cm³/mol. The standard InChI is InChI=1S/C12H17NO2/c1-12(2,3)13-10(11(14)15)9-7-5-4-6-8-9/h4-8,10,13H,1-3H3,(H,14,15)/t10-/m1/s1. The van der Waals surface area contributed by atoms with Crippen molar-refractivity contribution in [2.75, 3.05) is 0 Å². The van der Waals surface area contributed by atoms with Gasteiger partial charge in [-0.3, -0.25) is 10.1 Å². The van der Waals surface area contributed by atoms with Crippen molar-refractivity contribution in [2.45, 2.75) is 32.4 Å². The highest BCUT2D eigenvalue weighted by molar-refractivity contribution is 5.75. The predicted octanol–water partition coefficient (Wildman–Crippen LogP) is 2.20. The summed E-state index contributed by atoms with van der Waals surface area (Å²) in [5.41, 5.74) is 0.554. The molecule has 0 spiro atoms. The fourth-order valence-corrected chi connectivity index (χ4v) is 1.37. The van der Waals surface area contributed by atoms with Crippen LogP contribution < -0.4 is 5.32 Å². The summed E-state index contributed by atoms with van der Waals surface area (Å²) in [6, 6.07) is 8.55. The molecule has 0 aliphatic carbocycles. The van der Waals surface area contributed by atoms with Gasteiger partial charge in [-0.15, -0.1) is 0 Å². The molecule has 1 rings (SSSR count). The van der Waals surface area contributed by atoms with Gasteiger partial charge < -0.3 is 5.11 Å². The number of hydrogen-bond acceptors (Lipinski definition) is 2. The lowest BCUT2D eigenvalue weighted by Crippen LogP contribution is -2.42. The Bertz CT molecular complexity index is 327. The number of carboxylic acids is 1. The Balaban J connectivity index is 2.90. The number of rotatable bonds is 3. The highest BCUT2D eigenvalue weighted by Gasteiger charge is 2.24. The number of benzene rings is 1. The molecule has 0 heterocycles. The quantitative estimate of drug-likeness (QED) is 0.798. The van der Waals surface area contributed by atoms with Crippen LogP contribution in [0, 0.1) is 0 Å². The van der Waals surface area contributed by atoms with Crippen molar-refractivity contribution in [3.8, 4) is 0 Å². The lowest BCUT2D eigenvalue weighted by molar-refractivity contribution is -0.140. The Morgan fingerprint density at radius 2 is 1.80 bits per heavy atom. The van der Waals surface area contributed by atoms with Gasteiger partial charge in [-0.1, -0.05) is 30.3 Å². The van der Waals surface area contributed by atoms with Crippen LogP contribution in [0.3, 0.4) is 0 Å². The van der Waals surface area contributed by atoms with E-state index in [0.29, 0.717) is 0 Å². The molecule has 1 atom stereocenters. The molecule has 82 valence electrons. The normalized spacial score (nSPS) is 13.5. The van der Waals surface area contributed by atoms with Gasteiger partial charge in [0.1, 0.15) is 6.04 Å². The molecular formula is C12H17NO2. The summed E-state index contributed by atoms with van der Waals surface area (Å²) in [5, 5.41) is 12.2. The van der Waals surface area contributed by atoms with Crippen LogP contribution in [0.4, 0.5) is 0 Å². The van der Waals surface area contributed by atoms with E-state index in [-0.39, 0.29) is 5.54 Å². The molecule has 0 bridgehead atoms. The average Bonchev–Trinajstić information content (AvgIpc) is 2.14. The average molecular weight is 207 g/mol. The summed E-state index contributed by atoms with van der Waals surface area (Å²) >= 11 is 0. The van der Waals surface area contributed by atoms with Crippen molar-refractivity contribution in [3.63, 3.8) is 0 Å². The number of aliphatic carboxylic acids is 1. The zero-order chi connectivity index (χ0) is 11.5. The molecule has 0 saturated heterocycles. The first-order valence-electron chi connectivity index (χ1n) is 4.95. The van der Waals surface area contributed by atoms with Crippen LogP contribution in [-0.2, 0) is 4.79 Å². The minimum atomic E-state index is -0.851. The maximum Gasteiger partial charge on any atom is 0.325 e. The van der Waals surface area contributed by atoms with Crippen LogP contribution in [-0.4, -0.2) is 16.6 Å². The third-order valence-electron chi connectivity index (χ3n) is 1.96. The molecule has 0 saturated carbocycles. The molecule has 1 aromatic rings. The third-order valence-corrected chi connectivity index (χ3v) is 1.96. The molecule has 15 heavy (non-hydrogen) atoms. The third kappa shape index (κ3) is 3.72. The van der Waals surface area contributed by atoms with Crippen molar-refractivity contribution in [2.24, 2.45) is 0 Å². The van der Waals surface area contributed by atoms with E-state index in [2.05, 4.69) is 5.32 Å². The Morgan fingerprint density at radius 1 is 1.27 bits per heavy atom. The summed E-state index contributed by atoms with van der Waals surface area (Å²) in [6.45, 7) is 5.85. The van der Waals surface area contributed by atoms with Crippen LogP contribution >= 0.6 is 0 Å². The molecule has 3 nitrogen and oxygen atoms in total. The molecule has 1 aromatic carbocycles. The van der Waals surface area contributed by atoms with E-state index in [4.69, 9.17) is 5.11 Å². The highest BCUT2D eigenvalue weighted by Crippen LogP contribution is 2.16. The van der Waals surface area contributed by atoms with Gasteiger partial charge >= 0.3 is 5.97 Å². The SMILES string of the molecule is CC(C)(C)N[C@@H](C(=O)O)c1ccccc1. The van der Waals surface area contributed by atoms with Gasteiger partial charge in [-0.25, -0.2) is 0 Å². The van der Waals surface area contributed by atoms with Crippen molar-refractivity contribution >= 4 is 5.97 Å². The molecule has 0 fully saturated rings. The van der Waals surface area contributed by atoms with Crippen LogP contribution in [0.15, 0.2) is 30.3 Å². The van der Waals surface area contributed by atoms with E-state index in [0.717, 1.165) is 5.56 Å². The summed E-state index contributed by atoms with van der Waals surface area (Å²) in [6.07, 6.45) is 0. The maximum absolute atomic E-state index is 11.1. The van der Waals surface area contributed by atoms with Crippen molar-refractivity contribution in [1.82, 2.24) is 5.32 Å². The maximum atomic E-state index is 11.1. The summed E-state index contributed by atoms with van der Waals surface area (Å²) in [5.74, 6) is -0.851. The van der Waals surface area contributed by atoms with Gasteiger partial charge in [-0.05, 0) is 26.3 Å². The summed E-state index contributed by atoms with van der Waals surface area (Å²) in [4.78, 5) is 11.1. The van der Waals surface area contributed by atoms with Crippen LogP contribution in [0.2, 0.25) is 0 Å². The molecular weight excluding hydrogens is 190 g/mol. The Kier molecular flexibility index (Phi) is 3.48. The second kappa shape index (κ2) is 4.45. The minimum Gasteiger partial charge on any atom is -0.480 e. The first-order valence-corrected chi connectivity index (χ1v) is 4.95. The number of carbonyl (C=O) groups is 1. The number of hydrogen-bond donors (Lipinski definition) is 2. The Hall–Kier alpha value is -1.35. The first kappa shape index (κ1) is 11.7. The summed E-state index contributed by atoms with van der Waals surface area (Å²) < 4.78 is 0. The molecule has 0 aromatic heterocycles. The van der Waals surface area contributed by atoms with Crippen molar-refractivity contribution in [3.05, 3.63) is 35.9 Å². The van der Waals surface area contributed by atoms with Gasteiger partial charge in [0, 0.05) is 5.54 Å². The minimum absolute atomic E-state index is 0.223. The smallest absolute Gasteiger partial charge is 0.325 e.